The molecule has 3 nitrogen and oxygen atoms in total. The molecule has 26 heavy (non-hydrogen) atoms. The molecule has 140 valence electrons. The number of rotatable bonds is 10. The second kappa shape index (κ2) is 11.6. The van der Waals surface area contributed by atoms with E-state index in [9.17, 15) is 4.79 Å². The molecule has 0 N–H and O–H groups in total. The highest BCUT2D eigenvalue weighted by Gasteiger charge is 2.05. The highest BCUT2D eigenvalue weighted by Crippen LogP contribution is 2.26. The predicted molar refractivity (Wildman–Crippen MR) is 109 cm³/mol. The molecule has 2 aromatic carbocycles. The fourth-order valence-corrected chi connectivity index (χ4v) is 3.51. The molecule has 2 aromatic rings. The van der Waals surface area contributed by atoms with E-state index in [1.807, 2.05) is 23.9 Å². The van der Waals surface area contributed by atoms with E-state index in [1.54, 1.807) is 19.1 Å². The van der Waals surface area contributed by atoms with Gasteiger partial charge in [0.2, 0.25) is 0 Å². The van der Waals surface area contributed by atoms with Gasteiger partial charge in [0.15, 0.2) is 0 Å². The fourth-order valence-electron chi connectivity index (χ4n) is 2.60. The Morgan fingerprint density at radius 1 is 0.846 bits per heavy atom. The molecule has 0 saturated heterocycles. The van der Waals surface area contributed by atoms with Crippen molar-refractivity contribution in [1.29, 1.82) is 0 Å². The van der Waals surface area contributed by atoms with E-state index in [0.29, 0.717) is 12.4 Å². The summed E-state index contributed by atoms with van der Waals surface area (Å²) in [6.07, 6.45) is 5.95. The van der Waals surface area contributed by atoms with Gasteiger partial charge in [0.1, 0.15) is 5.75 Å². The Labute approximate surface area is 161 Å². The van der Waals surface area contributed by atoms with Gasteiger partial charge in [0, 0.05) is 4.90 Å². The van der Waals surface area contributed by atoms with Crippen LogP contribution >= 0.6 is 11.8 Å². The van der Waals surface area contributed by atoms with Gasteiger partial charge in [0.25, 0.3) is 0 Å². The van der Waals surface area contributed by atoms with Crippen molar-refractivity contribution in [2.45, 2.75) is 50.8 Å². The summed E-state index contributed by atoms with van der Waals surface area (Å²) in [5.41, 5.74) is 2.25. The number of hydrogen-bond acceptors (Lipinski definition) is 4. The summed E-state index contributed by atoms with van der Waals surface area (Å²) in [6, 6.07) is 16.1. The van der Waals surface area contributed by atoms with Crippen LogP contribution in [-0.4, -0.2) is 18.5 Å². The van der Waals surface area contributed by atoms with Gasteiger partial charge in [0.05, 0.1) is 6.61 Å². The first-order chi connectivity index (χ1) is 12.7. The Morgan fingerprint density at radius 3 is 2.08 bits per heavy atom. The number of ether oxygens (including phenoxy) is 2. The van der Waals surface area contributed by atoms with Crippen LogP contribution in [0.5, 0.6) is 5.75 Å². The maximum Gasteiger partial charge on any atom is 0.513 e. The number of unbranched alkanes of at least 4 members (excludes halogenated alkanes) is 4. The standard InChI is InChI=1S/C22H28O3S/c1-3-5-6-7-8-17-26-21-15-11-19(12-16-21)18-9-13-20(14-10-18)25-22(23)24-4-2/h9-16H,3-8,17H2,1-2H3. The highest BCUT2D eigenvalue weighted by molar-refractivity contribution is 7.99. The van der Waals surface area contributed by atoms with Crippen LogP contribution in [0.25, 0.3) is 11.1 Å². The summed E-state index contributed by atoms with van der Waals surface area (Å²) in [5, 5.41) is 0. The Hall–Kier alpha value is -1.94. The van der Waals surface area contributed by atoms with Crippen molar-refractivity contribution in [1.82, 2.24) is 0 Å². The molecule has 0 atom stereocenters. The topological polar surface area (TPSA) is 35.5 Å². The summed E-state index contributed by atoms with van der Waals surface area (Å²) < 4.78 is 9.85. The van der Waals surface area contributed by atoms with Crippen molar-refractivity contribution in [2.24, 2.45) is 0 Å². The van der Waals surface area contributed by atoms with Crippen LogP contribution in [0.2, 0.25) is 0 Å². The summed E-state index contributed by atoms with van der Waals surface area (Å²) in [5.74, 6) is 1.67. The minimum absolute atomic E-state index is 0.306. The smallest absolute Gasteiger partial charge is 0.434 e. The van der Waals surface area contributed by atoms with Gasteiger partial charge < -0.3 is 9.47 Å². The van der Waals surface area contributed by atoms with Gasteiger partial charge in [-0.05, 0) is 54.5 Å². The number of benzene rings is 2. The Balaban J connectivity index is 1.83. The molecular formula is C22H28O3S. The third-order valence-corrected chi connectivity index (χ3v) is 5.12. The maximum absolute atomic E-state index is 11.3. The van der Waals surface area contributed by atoms with E-state index in [2.05, 4.69) is 31.2 Å². The third kappa shape index (κ3) is 7.12. The average molecular weight is 373 g/mol. The number of carbonyl (C=O) groups is 1. The SMILES string of the molecule is CCCCCCCSc1ccc(-c2ccc(OC(=O)OCC)cc2)cc1. The third-order valence-electron chi connectivity index (χ3n) is 4.02. The molecule has 0 radical (unpaired) electrons. The molecule has 0 spiro atoms. The predicted octanol–water partition coefficient (Wildman–Crippen LogP) is 6.95. The van der Waals surface area contributed by atoms with Gasteiger partial charge >= 0.3 is 6.16 Å². The van der Waals surface area contributed by atoms with Crippen LogP contribution in [0.15, 0.2) is 53.4 Å². The van der Waals surface area contributed by atoms with Crippen molar-refractivity contribution < 1.29 is 14.3 Å². The zero-order chi connectivity index (χ0) is 18.6. The van der Waals surface area contributed by atoms with Gasteiger partial charge in [-0.15, -0.1) is 11.8 Å². The van der Waals surface area contributed by atoms with Crippen LogP contribution in [0.4, 0.5) is 4.79 Å². The van der Waals surface area contributed by atoms with Crippen molar-refractivity contribution in [3.8, 4) is 16.9 Å². The number of carbonyl (C=O) groups excluding carboxylic acids is 1. The summed E-state index contributed by atoms with van der Waals surface area (Å²) >= 11 is 1.92. The lowest BCUT2D eigenvalue weighted by atomic mass is 10.1. The molecule has 0 aliphatic carbocycles. The zero-order valence-electron chi connectivity index (χ0n) is 15.7. The molecule has 0 bridgehead atoms. The largest absolute Gasteiger partial charge is 0.513 e. The van der Waals surface area contributed by atoms with E-state index in [0.717, 1.165) is 11.1 Å². The first kappa shape index (κ1) is 20.4. The normalized spacial score (nSPS) is 10.5. The molecular weight excluding hydrogens is 344 g/mol. The average Bonchev–Trinajstić information content (AvgIpc) is 2.66. The summed E-state index contributed by atoms with van der Waals surface area (Å²) in [6.45, 7) is 4.30. The minimum Gasteiger partial charge on any atom is -0.434 e. The second-order valence-electron chi connectivity index (χ2n) is 6.10. The number of hydrogen-bond donors (Lipinski definition) is 0. The molecule has 0 amide bonds. The summed E-state index contributed by atoms with van der Waals surface area (Å²) in [4.78, 5) is 12.6. The van der Waals surface area contributed by atoms with E-state index in [-0.39, 0.29) is 0 Å². The van der Waals surface area contributed by atoms with E-state index in [4.69, 9.17) is 9.47 Å². The molecule has 0 fully saturated rings. The molecule has 0 unspecified atom stereocenters. The van der Waals surface area contributed by atoms with Crippen molar-refractivity contribution in [3.05, 3.63) is 48.5 Å². The Kier molecular flexibility index (Phi) is 9.11. The van der Waals surface area contributed by atoms with Crippen LogP contribution in [0, 0.1) is 0 Å². The van der Waals surface area contributed by atoms with E-state index in [1.165, 1.54) is 42.8 Å². The van der Waals surface area contributed by atoms with Crippen molar-refractivity contribution in [3.63, 3.8) is 0 Å². The van der Waals surface area contributed by atoms with Gasteiger partial charge in [-0.2, -0.15) is 0 Å². The molecule has 0 heterocycles. The maximum atomic E-state index is 11.3. The molecule has 0 aliphatic rings. The van der Waals surface area contributed by atoms with Gasteiger partial charge in [-0.1, -0.05) is 56.9 Å². The first-order valence-electron chi connectivity index (χ1n) is 9.40. The Morgan fingerprint density at radius 2 is 1.46 bits per heavy atom. The second-order valence-corrected chi connectivity index (χ2v) is 7.26. The van der Waals surface area contributed by atoms with Crippen LogP contribution in [0.3, 0.4) is 0 Å². The molecule has 2 rings (SSSR count). The van der Waals surface area contributed by atoms with Gasteiger partial charge in [-0.25, -0.2) is 4.79 Å². The zero-order valence-corrected chi connectivity index (χ0v) is 16.5. The Bertz CT molecular complexity index is 650. The summed E-state index contributed by atoms with van der Waals surface area (Å²) in [7, 11) is 0. The van der Waals surface area contributed by atoms with Crippen molar-refractivity contribution >= 4 is 17.9 Å². The first-order valence-corrected chi connectivity index (χ1v) is 10.4. The lowest BCUT2D eigenvalue weighted by Crippen LogP contribution is -2.09. The van der Waals surface area contributed by atoms with Gasteiger partial charge in [-0.3, -0.25) is 0 Å². The monoisotopic (exact) mass is 372 g/mol. The van der Waals surface area contributed by atoms with Crippen LogP contribution in [0.1, 0.15) is 46.0 Å². The van der Waals surface area contributed by atoms with E-state index >= 15 is 0 Å². The van der Waals surface area contributed by atoms with Crippen molar-refractivity contribution in [2.75, 3.05) is 12.4 Å². The lowest BCUT2D eigenvalue weighted by molar-refractivity contribution is 0.104. The van der Waals surface area contributed by atoms with Crippen LogP contribution in [-0.2, 0) is 4.74 Å². The van der Waals surface area contributed by atoms with Crippen LogP contribution < -0.4 is 4.74 Å². The number of thioether (sulfide) groups is 1. The molecule has 0 saturated carbocycles. The molecule has 4 heteroatoms. The highest BCUT2D eigenvalue weighted by atomic mass is 32.2. The molecule has 0 aromatic heterocycles. The molecule has 0 aliphatic heterocycles. The van der Waals surface area contributed by atoms with E-state index < -0.39 is 6.16 Å². The quantitative estimate of drug-likeness (QED) is 0.196. The fraction of sp³-hybridized carbons (Fsp3) is 0.409. The lowest BCUT2D eigenvalue weighted by Gasteiger charge is -2.07. The minimum atomic E-state index is -0.670.